The van der Waals surface area contributed by atoms with Crippen LogP contribution in [0.4, 0.5) is 22.0 Å². The predicted octanol–water partition coefficient (Wildman–Crippen LogP) is 2.83. The average molecular weight is 267 g/mol. The number of halogens is 5. The van der Waals surface area contributed by atoms with Crippen molar-refractivity contribution in [2.24, 2.45) is 0 Å². The van der Waals surface area contributed by atoms with Gasteiger partial charge in [-0.25, -0.2) is 8.78 Å². The molecule has 0 aliphatic heterocycles. The maximum atomic E-state index is 12.1. The highest BCUT2D eigenvalue weighted by atomic mass is 19.4. The molecule has 0 amide bonds. The van der Waals surface area contributed by atoms with E-state index < -0.39 is 29.8 Å². The average Bonchev–Trinajstić information content (AvgIpc) is 2.27. The molecule has 0 bridgehead atoms. The second-order valence-corrected chi connectivity index (χ2v) is 3.16. The number of carbonyl (C=O) groups excluding carboxylic acids is 1. The van der Waals surface area contributed by atoms with Crippen LogP contribution in [0.2, 0.25) is 0 Å². The molecule has 0 saturated carbocycles. The first-order valence-electron chi connectivity index (χ1n) is 4.48. The van der Waals surface area contributed by atoms with E-state index in [9.17, 15) is 31.9 Å². The number of aromatic nitrogens is 1. The Balaban J connectivity index is 2.96. The molecule has 1 rings (SSSR count). The van der Waals surface area contributed by atoms with Gasteiger partial charge in [0.15, 0.2) is 0 Å². The van der Waals surface area contributed by atoms with Gasteiger partial charge in [-0.05, 0) is 12.1 Å². The standard InChI is InChI=1S/C10H6F5NO2/c11-9(12)7(18)3-6(17)5-1-2-8(16-4-5)10(13,14)15/h1-4,9,17H/b6-3-. The Morgan fingerprint density at radius 1 is 1.33 bits per heavy atom. The van der Waals surface area contributed by atoms with E-state index in [-0.39, 0.29) is 11.6 Å². The van der Waals surface area contributed by atoms with Crippen LogP contribution < -0.4 is 0 Å². The first kappa shape index (κ1) is 14.1. The van der Waals surface area contributed by atoms with Crippen LogP contribution in [0.15, 0.2) is 24.4 Å². The zero-order chi connectivity index (χ0) is 13.9. The number of carbonyl (C=O) groups is 1. The summed E-state index contributed by atoms with van der Waals surface area (Å²) < 4.78 is 60.1. The molecule has 8 heteroatoms. The molecular formula is C10H6F5NO2. The molecule has 0 saturated heterocycles. The van der Waals surface area contributed by atoms with Gasteiger partial charge in [-0.1, -0.05) is 0 Å². The van der Waals surface area contributed by atoms with E-state index in [1.165, 1.54) is 0 Å². The largest absolute Gasteiger partial charge is 0.507 e. The molecule has 0 radical (unpaired) electrons. The smallest absolute Gasteiger partial charge is 0.433 e. The van der Waals surface area contributed by atoms with Crippen molar-refractivity contribution in [3.8, 4) is 0 Å². The van der Waals surface area contributed by atoms with E-state index >= 15 is 0 Å². The molecule has 18 heavy (non-hydrogen) atoms. The number of pyridine rings is 1. The van der Waals surface area contributed by atoms with E-state index in [0.29, 0.717) is 12.3 Å². The topological polar surface area (TPSA) is 50.2 Å². The Morgan fingerprint density at radius 3 is 2.33 bits per heavy atom. The summed E-state index contributed by atoms with van der Waals surface area (Å²) in [5, 5.41) is 9.22. The van der Waals surface area contributed by atoms with Crippen LogP contribution in [-0.4, -0.2) is 22.3 Å². The van der Waals surface area contributed by atoms with Crippen molar-refractivity contribution < 1.29 is 31.9 Å². The summed E-state index contributed by atoms with van der Waals surface area (Å²) in [6.45, 7) is 0. The van der Waals surface area contributed by atoms with Crippen molar-refractivity contribution >= 4 is 11.5 Å². The summed E-state index contributed by atoms with van der Waals surface area (Å²) in [6, 6.07) is 1.38. The van der Waals surface area contributed by atoms with Crippen molar-refractivity contribution in [1.29, 1.82) is 0 Å². The predicted molar refractivity (Wildman–Crippen MR) is 50.9 cm³/mol. The molecule has 0 unspecified atom stereocenters. The number of aliphatic hydroxyl groups excluding tert-OH is 1. The first-order valence-corrected chi connectivity index (χ1v) is 4.48. The van der Waals surface area contributed by atoms with E-state index in [4.69, 9.17) is 0 Å². The number of hydrogen-bond donors (Lipinski definition) is 1. The molecule has 0 atom stereocenters. The fourth-order valence-corrected chi connectivity index (χ4v) is 0.994. The summed E-state index contributed by atoms with van der Waals surface area (Å²) in [5.74, 6) is -2.52. The minimum Gasteiger partial charge on any atom is -0.507 e. The second-order valence-electron chi connectivity index (χ2n) is 3.16. The van der Waals surface area contributed by atoms with Crippen LogP contribution >= 0.6 is 0 Å². The molecule has 1 aromatic heterocycles. The van der Waals surface area contributed by atoms with Crippen molar-refractivity contribution in [2.45, 2.75) is 12.6 Å². The SMILES string of the molecule is O=C(/C=C(\O)c1ccc(C(F)(F)F)nc1)C(F)F. The highest BCUT2D eigenvalue weighted by molar-refractivity contribution is 5.97. The van der Waals surface area contributed by atoms with E-state index in [2.05, 4.69) is 4.98 Å². The van der Waals surface area contributed by atoms with Crippen LogP contribution in [0.1, 0.15) is 11.3 Å². The van der Waals surface area contributed by atoms with Gasteiger partial charge in [0.25, 0.3) is 6.43 Å². The zero-order valence-corrected chi connectivity index (χ0v) is 8.58. The molecule has 0 aliphatic carbocycles. The third-order valence-corrected chi connectivity index (χ3v) is 1.84. The molecular weight excluding hydrogens is 261 g/mol. The zero-order valence-electron chi connectivity index (χ0n) is 8.58. The molecule has 0 aromatic carbocycles. The fraction of sp³-hybridized carbons (Fsp3) is 0.200. The van der Waals surface area contributed by atoms with Crippen LogP contribution in [0.3, 0.4) is 0 Å². The van der Waals surface area contributed by atoms with Crippen LogP contribution in [0.5, 0.6) is 0 Å². The number of allylic oxidation sites excluding steroid dienone is 1. The van der Waals surface area contributed by atoms with Crippen molar-refractivity contribution in [1.82, 2.24) is 4.98 Å². The maximum Gasteiger partial charge on any atom is 0.433 e. The van der Waals surface area contributed by atoms with Crippen LogP contribution in [0, 0.1) is 0 Å². The van der Waals surface area contributed by atoms with E-state index in [0.717, 1.165) is 6.07 Å². The Labute approximate surface area is 97.6 Å². The van der Waals surface area contributed by atoms with Gasteiger partial charge in [-0.2, -0.15) is 13.2 Å². The lowest BCUT2D eigenvalue weighted by molar-refractivity contribution is -0.141. The molecule has 1 N–H and O–H groups in total. The molecule has 3 nitrogen and oxygen atoms in total. The van der Waals surface area contributed by atoms with Crippen LogP contribution in [-0.2, 0) is 11.0 Å². The monoisotopic (exact) mass is 267 g/mol. The van der Waals surface area contributed by atoms with Gasteiger partial charge in [0.1, 0.15) is 11.5 Å². The summed E-state index contributed by atoms with van der Waals surface area (Å²) in [6.07, 6.45) is -7.08. The second kappa shape index (κ2) is 5.11. The highest BCUT2D eigenvalue weighted by Crippen LogP contribution is 2.27. The summed E-state index contributed by atoms with van der Waals surface area (Å²) >= 11 is 0. The summed E-state index contributed by atoms with van der Waals surface area (Å²) in [7, 11) is 0. The van der Waals surface area contributed by atoms with Crippen molar-refractivity contribution in [2.75, 3.05) is 0 Å². The molecule has 98 valence electrons. The van der Waals surface area contributed by atoms with Crippen molar-refractivity contribution in [3.05, 3.63) is 35.7 Å². The van der Waals surface area contributed by atoms with Crippen molar-refractivity contribution in [3.63, 3.8) is 0 Å². The van der Waals surface area contributed by atoms with Gasteiger partial charge >= 0.3 is 6.18 Å². The normalized spacial score (nSPS) is 12.9. The Bertz CT molecular complexity index is 464. The summed E-state index contributed by atoms with van der Waals surface area (Å²) in [4.78, 5) is 13.6. The third-order valence-electron chi connectivity index (χ3n) is 1.84. The minimum atomic E-state index is -4.64. The number of hydrogen-bond acceptors (Lipinski definition) is 3. The number of nitrogens with zero attached hydrogens (tertiary/aromatic N) is 1. The van der Waals surface area contributed by atoms with Gasteiger partial charge in [-0.3, -0.25) is 9.78 Å². The first-order chi connectivity index (χ1) is 8.21. The number of aliphatic hydroxyl groups is 1. The lowest BCUT2D eigenvalue weighted by atomic mass is 10.2. The Morgan fingerprint density at radius 2 is 1.94 bits per heavy atom. The van der Waals surface area contributed by atoms with Gasteiger partial charge in [0.2, 0.25) is 5.78 Å². The molecule has 1 heterocycles. The number of ketones is 1. The molecule has 0 aliphatic rings. The van der Waals surface area contributed by atoms with E-state index in [1.54, 1.807) is 0 Å². The lowest BCUT2D eigenvalue weighted by Crippen LogP contribution is -2.08. The highest BCUT2D eigenvalue weighted by Gasteiger charge is 2.32. The molecule has 0 fully saturated rings. The Kier molecular flexibility index (Phi) is 4.00. The quantitative estimate of drug-likeness (QED) is 0.520. The minimum absolute atomic E-state index is 0.231. The van der Waals surface area contributed by atoms with Gasteiger partial charge in [0.05, 0.1) is 0 Å². The number of rotatable bonds is 3. The summed E-state index contributed by atoms with van der Waals surface area (Å²) in [5.41, 5.74) is -1.46. The molecule has 0 spiro atoms. The fourth-order valence-electron chi connectivity index (χ4n) is 0.994. The number of alkyl halides is 5. The van der Waals surface area contributed by atoms with Gasteiger partial charge in [0, 0.05) is 17.8 Å². The Hall–Kier alpha value is -1.99. The van der Waals surface area contributed by atoms with Gasteiger partial charge in [-0.15, -0.1) is 0 Å². The maximum absolute atomic E-state index is 12.1. The van der Waals surface area contributed by atoms with Crippen LogP contribution in [0.25, 0.3) is 5.76 Å². The lowest BCUT2D eigenvalue weighted by Gasteiger charge is -2.06. The van der Waals surface area contributed by atoms with E-state index in [1.807, 2.05) is 0 Å². The molecule has 1 aromatic rings. The van der Waals surface area contributed by atoms with Gasteiger partial charge < -0.3 is 5.11 Å². The third kappa shape index (κ3) is 3.51.